The Kier molecular flexibility index (Phi) is 5.97. The first-order valence-corrected chi connectivity index (χ1v) is 12.5. The van der Waals surface area contributed by atoms with Gasteiger partial charge in [-0.2, -0.15) is 5.26 Å². The number of carbonyl (C=O) groups is 2. The van der Waals surface area contributed by atoms with E-state index in [1.807, 2.05) is 30.3 Å². The summed E-state index contributed by atoms with van der Waals surface area (Å²) in [5.41, 5.74) is 4.49. The van der Waals surface area contributed by atoms with Crippen LogP contribution in [0.5, 0.6) is 0 Å². The highest BCUT2D eigenvalue weighted by Crippen LogP contribution is 2.44. The first-order valence-electron chi connectivity index (χ1n) is 12.5. The second kappa shape index (κ2) is 9.45. The maximum Gasteiger partial charge on any atom is 0.410 e. The standard InChI is InChI=1S/C30H25FN2O4/c31-28-11-5-10-25(26(28)14-32)29(34)18-12-19-15-36-16-20(13-18)33(19)30(35)37-17-27-23-8-3-1-6-21(23)22-7-2-4-9-24(22)27/h1-11,18-20,27H,12-13,15-17H2. The maximum atomic E-state index is 14.1. The van der Waals surface area contributed by atoms with E-state index in [4.69, 9.17) is 9.47 Å². The minimum Gasteiger partial charge on any atom is -0.448 e. The smallest absolute Gasteiger partial charge is 0.410 e. The van der Waals surface area contributed by atoms with Gasteiger partial charge in [0.25, 0.3) is 0 Å². The van der Waals surface area contributed by atoms with Crippen LogP contribution in [-0.2, 0) is 9.47 Å². The number of morpholine rings is 1. The summed E-state index contributed by atoms with van der Waals surface area (Å²) >= 11 is 0. The molecule has 2 atom stereocenters. The normalized spacial score (nSPS) is 22.1. The molecule has 3 aromatic rings. The molecule has 2 unspecified atom stereocenters. The number of piperidine rings is 1. The summed E-state index contributed by atoms with van der Waals surface area (Å²) in [4.78, 5) is 28.4. The highest BCUT2D eigenvalue weighted by atomic mass is 19.1. The van der Waals surface area contributed by atoms with Crippen LogP contribution >= 0.6 is 0 Å². The van der Waals surface area contributed by atoms with Gasteiger partial charge in [0.1, 0.15) is 18.5 Å². The number of Topliss-reactive ketones (excluding diaryl/α,β-unsaturated/α-hetero) is 1. The molecule has 7 heteroatoms. The van der Waals surface area contributed by atoms with Gasteiger partial charge in [-0.05, 0) is 47.2 Å². The minimum absolute atomic E-state index is 0.0380. The highest BCUT2D eigenvalue weighted by Gasteiger charge is 2.45. The lowest BCUT2D eigenvalue weighted by atomic mass is 9.80. The van der Waals surface area contributed by atoms with Crippen molar-refractivity contribution in [1.29, 1.82) is 5.26 Å². The van der Waals surface area contributed by atoms with Crippen LogP contribution in [0.15, 0.2) is 66.7 Å². The Morgan fingerprint density at radius 2 is 1.57 bits per heavy atom. The molecular formula is C30H25FN2O4. The third kappa shape index (κ3) is 3.98. The third-order valence-electron chi connectivity index (χ3n) is 7.83. The van der Waals surface area contributed by atoms with Crippen LogP contribution in [0, 0.1) is 23.1 Å². The Labute approximate surface area is 214 Å². The van der Waals surface area contributed by atoms with Gasteiger partial charge in [-0.25, -0.2) is 9.18 Å². The van der Waals surface area contributed by atoms with Gasteiger partial charge >= 0.3 is 6.09 Å². The number of carbonyl (C=O) groups excluding carboxylic acids is 2. The van der Waals surface area contributed by atoms with Crippen LogP contribution in [0.4, 0.5) is 9.18 Å². The highest BCUT2D eigenvalue weighted by molar-refractivity contribution is 6.00. The molecule has 0 radical (unpaired) electrons. The molecule has 2 aliphatic heterocycles. The van der Waals surface area contributed by atoms with E-state index in [0.717, 1.165) is 22.3 Å². The lowest BCUT2D eigenvalue weighted by Crippen LogP contribution is -2.60. The number of nitriles is 1. The van der Waals surface area contributed by atoms with Crippen molar-refractivity contribution in [3.05, 3.63) is 94.8 Å². The number of amides is 1. The molecule has 1 amide bonds. The topological polar surface area (TPSA) is 79.6 Å². The largest absolute Gasteiger partial charge is 0.448 e. The third-order valence-corrected chi connectivity index (χ3v) is 7.83. The van der Waals surface area contributed by atoms with E-state index in [0.29, 0.717) is 26.1 Å². The Balaban J connectivity index is 1.18. The fourth-order valence-electron chi connectivity index (χ4n) is 6.16. The van der Waals surface area contributed by atoms with Gasteiger partial charge in [-0.3, -0.25) is 9.69 Å². The van der Waals surface area contributed by atoms with Crippen LogP contribution in [0.2, 0.25) is 0 Å². The summed E-state index contributed by atoms with van der Waals surface area (Å²) < 4.78 is 25.7. The molecule has 0 spiro atoms. The van der Waals surface area contributed by atoms with Crippen molar-refractivity contribution in [2.45, 2.75) is 30.8 Å². The Bertz CT molecular complexity index is 1370. The zero-order valence-electron chi connectivity index (χ0n) is 20.1. The number of ketones is 1. The second-order valence-electron chi connectivity index (χ2n) is 9.86. The Morgan fingerprint density at radius 3 is 2.19 bits per heavy atom. The Morgan fingerprint density at radius 1 is 0.946 bits per heavy atom. The SMILES string of the molecule is N#Cc1c(F)cccc1C(=O)C1CC2COCC(C1)N2C(=O)OCC1c2ccccc2-c2ccccc21. The van der Waals surface area contributed by atoms with Gasteiger partial charge in [0.15, 0.2) is 5.78 Å². The number of fused-ring (bicyclic) bond motifs is 5. The number of nitrogens with zero attached hydrogens (tertiary/aromatic N) is 2. The summed E-state index contributed by atoms with van der Waals surface area (Å²) in [6, 6.07) is 21.7. The van der Waals surface area contributed by atoms with E-state index >= 15 is 0 Å². The average molecular weight is 497 g/mol. The quantitative estimate of drug-likeness (QED) is 0.458. The zero-order valence-corrected chi connectivity index (χ0v) is 20.1. The van der Waals surface area contributed by atoms with Crippen molar-refractivity contribution in [2.75, 3.05) is 19.8 Å². The average Bonchev–Trinajstić information content (AvgIpc) is 3.24. The fourth-order valence-corrected chi connectivity index (χ4v) is 6.16. The molecule has 0 N–H and O–H groups in total. The van der Waals surface area contributed by atoms with Crippen molar-refractivity contribution in [3.8, 4) is 17.2 Å². The molecule has 1 aliphatic carbocycles. The van der Waals surface area contributed by atoms with E-state index < -0.39 is 17.8 Å². The molecule has 6 nitrogen and oxygen atoms in total. The van der Waals surface area contributed by atoms with Crippen molar-refractivity contribution in [3.63, 3.8) is 0 Å². The Hall–Kier alpha value is -4.02. The zero-order chi connectivity index (χ0) is 25.5. The van der Waals surface area contributed by atoms with E-state index in [9.17, 15) is 19.2 Å². The molecule has 37 heavy (non-hydrogen) atoms. The van der Waals surface area contributed by atoms with E-state index in [-0.39, 0.29) is 41.5 Å². The minimum atomic E-state index is -0.701. The van der Waals surface area contributed by atoms with Crippen LogP contribution < -0.4 is 0 Å². The number of halogens is 1. The summed E-state index contributed by atoms with van der Waals surface area (Å²) in [5.74, 6) is -1.43. The molecule has 2 fully saturated rings. The van der Waals surface area contributed by atoms with E-state index in [1.165, 1.54) is 18.2 Å². The number of hydrogen-bond donors (Lipinski definition) is 0. The van der Waals surface area contributed by atoms with Gasteiger partial charge in [-0.1, -0.05) is 54.6 Å². The van der Waals surface area contributed by atoms with Crippen molar-refractivity contribution in [1.82, 2.24) is 4.90 Å². The van der Waals surface area contributed by atoms with Gasteiger partial charge in [-0.15, -0.1) is 0 Å². The van der Waals surface area contributed by atoms with Crippen LogP contribution in [0.3, 0.4) is 0 Å². The number of rotatable bonds is 4. The predicted octanol–water partition coefficient (Wildman–Crippen LogP) is 5.31. The molecule has 0 aromatic heterocycles. The molecule has 186 valence electrons. The summed E-state index contributed by atoms with van der Waals surface area (Å²) in [6.07, 6.45) is 0.344. The monoisotopic (exact) mass is 496 g/mol. The second-order valence-corrected chi connectivity index (χ2v) is 9.86. The van der Waals surface area contributed by atoms with Gasteiger partial charge < -0.3 is 9.47 Å². The van der Waals surface area contributed by atoms with Crippen LogP contribution in [0.1, 0.15) is 45.8 Å². The lowest BCUT2D eigenvalue weighted by molar-refractivity contribution is -0.0747. The number of benzene rings is 3. The molecule has 6 rings (SSSR count). The van der Waals surface area contributed by atoms with Crippen LogP contribution in [0.25, 0.3) is 11.1 Å². The molecule has 0 saturated carbocycles. The predicted molar refractivity (Wildman–Crippen MR) is 133 cm³/mol. The molecule has 2 heterocycles. The van der Waals surface area contributed by atoms with E-state index in [2.05, 4.69) is 24.3 Å². The molecule has 3 aliphatic rings. The molecule has 3 aromatic carbocycles. The first kappa shape index (κ1) is 23.4. The first-order chi connectivity index (χ1) is 18.1. The maximum absolute atomic E-state index is 14.1. The van der Waals surface area contributed by atoms with Crippen molar-refractivity contribution in [2.24, 2.45) is 5.92 Å². The molecule has 2 bridgehead atoms. The van der Waals surface area contributed by atoms with Gasteiger partial charge in [0, 0.05) is 17.4 Å². The fraction of sp³-hybridized carbons (Fsp3) is 0.300. The van der Waals surface area contributed by atoms with Crippen molar-refractivity contribution >= 4 is 11.9 Å². The van der Waals surface area contributed by atoms with Crippen LogP contribution in [-0.4, -0.2) is 48.7 Å². The molecular weight excluding hydrogens is 471 g/mol. The summed E-state index contributed by atoms with van der Waals surface area (Å²) in [7, 11) is 0. The van der Waals surface area contributed by atoms with Gasteiger partial charge in [0.2, 0.25) is 0 Å². The number of hydrogen-bond acceptors (Lipinski definition) is 5. The van der Waals surface area contributed by atoms with Crippen molar-refractivity contribution < 1.29 is 23.5 Å². The lowest BCUT2D eigenvalue weighted by Gasteiger charge is -2.47. The van der Waals surface area contributed by atoms with E-state index in [1.54, 1.807) is 4.90 Å². The summed E-state index contributed by atoms with van der Waals surface area (Å²) in [5, 5.41) is 9.36. The van der Waals surface area contributed by atoms with Gasteiger partial charge in [0.05, 0.1) is 30.9 Å². The summed E-state index contributed by atoms with van der Waals surface area (Å²) in [6.45, 7) is 0.832. The molecule has 2 saturated heterocycles. The number of ether oxygens (including phenoxy) is 2.